The molecule has 0 spiro atoms. The molecule has 0 heterocycles. The van der Waals surface area contributed by atoms with Gasteiger partial charge in [-0.2, -0.15) is 13.2 Å². The van der Waals surface area contributed by atoms with Crippen molar-refractivity contribution in [2.45, 2.75) is 6.18 Å². The average molecular weight is 298 g/mol. The van der Waals surface area contributed by atoms with Gasteiger partial charge < -0.3 is 10.8 Å². The van der Waals surface area contributed by atoms with Gasteiger partial charge in [-0.3, -0.25) is 10.1 Å². The van der Waals surface area contributed by atoms with E-state index in [1.54, 1.807) is 0 Å². The van der Waals surface area contributed by atoms with Gasteiger partial charge in [0.2, 0.25) is 5.75 Å². The van der Waals surface area contributed by atoms with Gasteiger partial charge >= 0.3 is 11.9 Å². The number of anilines is 1. The number of nitrogens with two attached hydrogens (primary N) is 1. The van der Waals surface area contributed by atoms with Gasteiger partial charge in [0.15, 0.2) is 0 Å². The minimum atomic E-state index is -4.55. The molecule has 2 aromatic rings. The van der Waals surface area contributed by atoms with Crippen molar-refractivity contribution in [1.82, 2.24) is 0 Å². The first-order valence-corrected chi connectivity index (χ1v) is 5.65. The predicted molar refractivity (Wildman–Crippen MR) is 69.6 cm³/mol. The quantitative estimate of drug-likeness (QED) is 0.504. The maximum Gasteiger partial charge on any atom is 0.416 e. The molecule has 0 amide bonds. The fourth-order valence-corrected chi connectivity index (χ4v) is 1.88. The Kier molecular flexibility index (Phi) is 3.46. The number of nitro benzene ring substituents is 1. The summed E-state index contributed by atoms with van der Waals surface area (Å²) in [5.74, 6) is -0.765. The monoisotopic (exact) mass is 298 g/mol. The highest BCUT2D eigenvalue weighted by molar-refractivity contribution is 5.81. The van der Waals surface area contributed by atoms with Crippen molar-refractivity contribution in [2.75, 3.05) is 5.73 Å². The number of alkyl halides is 3. The smallest absolute Gasteiger partial charge is 0.416 e. The Labute approximate surface area is 116 Å². The number of nitrogens with zero attached hydrogens (tertiary/aromatic N) is 1. The number of phenolic OH excluding ortho intramolecular Hbond substituents is 1. The van der Waals surface area contributed by atoms with Gasteiger partial charge in [0, 0.05) is 5.56 Å². The summed E-state index contributed by atoms with van der Waals surface area (Å²) in [6.07, 6.45) is -4.55. The fraction of sp³-hybridized carbons (Fsp3) is 0.0769. The zero-order valence-electron chi connectivity index (χ0n) is 10.4. The Morgan fingerprint density at radius 1 is 1.19 bits per heavy atom. The second kappa shape index (κ2) is 4.97. The molecule has 2 aromatic carbocycles. The first kappa shape index (κ1) is 14.6. The van der Waals surface area contributed by atoms with E-state index in [1.807, 2.05) is 0 Å². The molecule has 0 fully saturated rings. The Hall–Kier alpha value is -2.77. The van der Waals surface area contributed by atoms with E-state index >= 15 is 0 Å². The Morgan fingerprint density at radius 3 is 2.43 bits per heavy atom. The highest BCUT2D eigenvalue weighted by Crippen LogP contribution is 2.41. The second-order valence-corrected chi connectivity index (χ2v) is 4.24. The molecular weight excluding hydrogens is 289 g/mol. The van der Waals surface area contributed by atoms with Gasteiger partial charge in [-0.1, -0.05) is 12.1 Å². The Morgan fingerprint density at radius 2 is 1.86 bits per heavy atom. The van der Waals surface area contributed by atoms with Crippen LogP contribution in [0.15, 0.2) is 36.4 Å². The van der Waals surface area contributed by atoms with Crippen LogP contribution in [0, 0.1) is 10.1 Å². The molecule has 21 heavy (non-hydrogen) atoms. The fourth-order valence-electron chi connectivity index (χ4n) is 1.88. The number of hydrogen-bond acceptors (Lipinski definition) is 4. The van der Waals surface area contributed by atoms with Crippen LogP contribution in [0.3, 0.4) is 0 Å². The molecule has 0 bridgehead atoms. The van der Waals surface area contributed by atoms with Gasteiger partial charge in [-0.15, -0.1) is 0 Å². The van der Waals surface area contributed by atoms with Crippen LogP contribution >= 0.6 is 0 Å². The summed E-state index contributed by atoms with van der Waals surface area (Å²) in [4.78, 5) is 9.95. The first-order chi connectivity index (χ1) is 9.71. The van der Waals surface area contributed by atoms with E-state index in [1.165, 1.54) is 12.1 Å². The van der Waals surface area contributed by atoms with Crippen LogP contribution in [-0.2, 0) is 6.18 Å². The number of aromatic hydroxyl groups is 1. The van der Waals surface area contributed by atoms with Gasteiger partial charge in [0.05, 0.1) is 10.5 Å². The predicted octanol–water partition coefficient (Wildman–Crippen LogP) is 3.57. The molecule has 0 saturated heterocycles. The van der Waals surface area contributed by atoms with Crippen molar-refractivity contribution >= 4 is 11.4 Å². The van der Waals surface area contributed by atoms with E-state index < -0.39 is 28.1 Å². The molecule has 0 aliphatic rings. The third kappa shape index (κ3) is 2.73. The van der Waals surface area contributed by atoms with Crippen molar-refractivity contribution in [3.8, 4) is 16.9 Å². The lowest BCUT2D eigenvalue weighted by atomic mass is 10.0. The molecule has 0 aliphatic heterocycles. The van der Waals surface area contributed by atoms with E-state index in [0.717, 1.165) is 24.3 Å². The number of rotatable bonds is 2. The molecule has 2 rings (SSSR count). The minimum Gasteiger partial charge on any atom is -0.502 e. The topological polar surface area (TPSA) is 89.4 Å². The molecule has 110 valence electrons. The lowest BCUT2D eigenvalue weighted by molar-refractivity contribution is -0.384. The summed E-state index contributed by atoms with van der Waals surface area (Å²) in [7, 11) is 0. The van der Waals surface area contributed by atoms with Crippen LogP contribution in [0.1, 0.15) is 5.56 Å². The number of nitro groups is 1. The third-order valence-electron chi connectivity index (χ3n) is 2.87. The molecule has 0 unspecified atom stereocenters. The number of benzene rings is 2. The van der Waals surface area contributed by atoms with E-state index in [0.29, 0.717) is 0 Å². The minimum absolute atomic E-state index is 0.00502. The van der Waals surface area contributed by atoms with Crippen molar-refractivity contribution in [2.24, 2.45) is 0 Å². The summed E-state index contributed by atoms with van der Waals surface area (Å²) in [5, 5.41) is 20.7. The van der Waals surface area contributed by atoms with Gasteiger partial charge in [-0.05, 0) is 29.8 Å². The standard InChI is InChI=1S/C13H9F3N2O3/c14-13(15,16)8-3-1-2-7(6-8)9-4-5-10(17)11(12(9)19)18(20)21/h1-6,19H,17H2. The average Bonchev–Trinajstić information content (AvgIpc) is 2.37. The van der Waals surface area contributed by atoms with Crippen LogP contribution in [0.2, 0.25) is 0 Å². The third-order valence-corrected chi connectivity index (χ3v) is 2.87. The maximum absolute atomic E-state index is 12.7. The van der Waals surface area contributed by atoms with Crippen molar-refractivity contribution < 1.29 is 23.2 Å². The SMILES string of the molecule is Nc1ccc(-c2cccc(C(F)(F)F)c2)c(O)c1[N+](=O)[O-]. The molecule has 0 aromatic heterocycles. The van der Waals surface area contributed by atoms with Gasteiger partial charge in [0.25, 0.3) is 0 Å². The maximum atomic E-state index is 12.7. The molecular formula is C13H9F3N2O3. The summed E-state index contributed by atoms with van der Waals surface area (Å²) >= 11 is 0. The lowest BCUT2D eigenvalue weighted by Gasteiger charge is -2.10. The molecule has 0 atom stereocenters. The van der Waals surface area contributed by atoms with E-state index in [-0.39, 0.29) is 16.8 Å². The molecule has 0 aliphatic carbocycles. The molecule has 0 saturated carbocycles. The van der Waals surface area contributed by atoms with E-state index in [2.05, 4.69) is 0 Å². The lowest BCUT2D eigenvalue weighted by Crippen LogP contribution is -2.04. The second-order valence-electron chi connectivity index (χ2n) is 4.24. The number of hydrogen-bond donors (Lipinski definition) is 2. The van der Waals surface area contributed by atoms with Crippen molar-refractivity contribution in [3.63, 3.8) is 0 Å². The zero-order valence-corrected chi connectivity index (χ0v) is 10.4. The summed E-state index contributed by atoms with van der Waals surface area (Å²) in [6, 6.07) is 6.52. The molecule has 0 radical (unpaired) electrons. The first-order valence-electron chi connectivity index (χ1n) is 5.65. The summed E-state index contributed by atoms with van der Waals surface area (Å²) in [5.41, 5.74) is 3.38. The Bertz CT molecular complexity index is 714. The number of halogens is 3. The molecule has 8 heteroatoms. The normalized spacial score (nSPS) is 11.4. The largest absolute Gasteiger partial charge is 0.502 e. The van der Waals surface area contributed by atoms with Crippen LogP contribution in [0.4, 0.5) is 24.5 Å². The summed E-state index contributed by atoms with van der Waals surface area (Å²) in [6.45, 7) is 0. The zero-order chi connectivity index (χ0) is 15.8. The highest BCUT2D eigenvalue weighted by atomic mass is 19.4. The molecule has 3 N–H and O–H groups in total. The van der Waals surface area contributed by atoms with Crippen molar-refractivity contribution in [1.29, 1.82) is 0 Å². The van der Waals surface area contributed by atoms with Crippen molar-refractivity contribution in [3.05, 3.63) is 52.1 Å². The number of phenols is 1. The molecule has 5 nitrogen and oxygen atoms in total. The van der Waals surface area contributed by atoms with E-state index in [9.17, 15) is 28.4 Å². The van der Waals surface area contributed by atoms with Gasteiger partial charge in [-0.25, -0.2) is 0 Å². The number of nitrogen functional groups attached to an aromatic ring is 1. The Balaban J connectivity index is 2.63. The van der Waals surface area contributed by atoms with Crippen LogP contribution in [-0.4, -0.2) is 10.0 Å². The summed E-state index contributed by atoms with van der Waals surface area (Å²) < 4.78 is 38.0. The van der Waals surface area contributed by atoms with Crippen LogP contribution < -0.4 is 5.73 Å². The van der Waals surface area contributed by atoms with Crippen LogP contribution in [0.5, 0.6) is 5.75 Å². The van der Waals surface area contributed by atoms with E-state index in [4.69, 9.17) is 5.73 Å². The van der Waals surface area contributed by atoms with Crippen LogP contribution in [0.25, 0.3) is 11.1 Å². The van der Waals surface area contributed by atoms with Gasteiger partial charge in [0.1, 0.15) is 5.69 Å². The highest BCUT2D eigenvalue weighted by Gasteiger charge is 2.31.